The molecule has 2 N–H and O–H groups in total. The Balaban J connectivity index is 0. The van der Waals surface area contributed by atoms with Crippen LogP contribution >= 0.6 is 0 Å². The third-order valence-electron chi connectivity index (χ3n) is 4.67. The van der Waals surface area contributed by atoms with E-state index in [9.17, 15) is 8.42 Å². The van der Waals surface area contributed by atoms with E-state index in [0.29, 0.717) is 6.42 Å². The van der Waals surface area contributed by atoms with E-state index in [1.165, 1.54) is 70.6 Å². The summed E-state index contributed by atoms with van der Waals surface area (Å²) in [4.78, 5) is 0. The van der Waals surface area contributed by atoms with Crippen LogP contribution in [0.4, 0.5) is 0 Å². The summed E-state index contributed by atoms with van der Waals surface area (Å²) >= 11 is 0. The summed E-state index contributed by atoms with van der Waals surface area (Å²) in [7, 11) is -3.64. The van der Waals surface area contributed by atoms with Crippen LogP contribution in [-0.4, -0.2) is 85.3 Å². The SMILES string of the molecule is CCCCCCCCCCCCCCCCS(=O)(=O)ON(CCO)CCO.[NaH]. The van der Waals surface area contributed by atoms with Crippen LogP contribution < -0.4 is 0 Å². The number of aliphatic hydroxyl groups excluding tert-OH is 2. The van der Waals surface area contributed by atoms with Crippen LogP contribution in [0.15, 0.2) is 0 Å². The molecule has 8 heteroatoms. The summed E-state index contributed by atoms with van der Waals surface area (Å²) in [5, 5.41) is 18.8. The minimum atomic E-state index is -3.64. The first-order chi connectivity index (χ1) is 13.1. The zero-order valence-electron chi connectivity index (χ0n) is 17.4. The van der Waals surface area contributed by atoms with Crippen molar-refractivity contribution in [3.8, 4) is 0 Å². The second-order valence-electron chi connectivity index (χ2n) is 7.31. The molecule has 0 spiro atoms. The number of hydrogen-bond donors (Lipinski definition) is 2. The molecule has 0 aromatic heterocycles. The molecule has 0 aliphatic heterocycles. The normalized spacial score (nSPS) is 11.7. The Labute approximate surface area is 195 Å². The molecular weight excluding hydrogens is 389 g/mol. The summed E-state index contributed by atoms with van der Waals surface area (Å²) in [6.07, 6.45) is 17.1. The first-order valence-corrected chi connectivity index (χ1v) is 12.5. The molecule has 0 fully saturated rings. The van der Waals surface area contributed by atoms with E-state index >= 15 is 0 Å². The van der Waals surface area contributed by atoms with Gasteiger partial charge in [0.05, 0.1) is 19.0 Å². The van der Waals surface area contributed by atoms with Gasteiger partial charge in [-0.05, 0) is 6.42 Å². The van der Waals surface area contributed by atoms with Crippen LogP contribution in [0.2, 0.25) is 0 Å². The topological polar surface area (TPSA) is 87.1 Å². The number of rotatable bonds is 21. The Morgan fingerprint density at radius 3 is 1.39 bits per heavy atom. The molecule has 0 heterocycles. The predicted molar refractivity (Wildman–Crippen MR) is 118 cm³/mol. The molecule has 0 bridgehead atoms. The molecule has 0 radical (unpaired) electrons. The second kappa shape index (κ2) is 22.5. The monoisotopic (exact) mass is 433 g/mol. The summed E-state index contributed by atoms with van der Waals surface area (Å²) in [6, 6.07) is 0. The van der Waals surface area contributed by atoms with Gasteiger partial charge in [-0.2, -0.15) is 17.8 Å². The van der Waals surface area contributed by atoms with Crippen LogP contribution in [0.1, 0.15) is 96.8 Å². The fourth-order valence-corrected chi connectivity index (χ4v) is 4.18. The zero-order chi connectivity index (χ0) is 20.2. The van der Waals surface area contributed by atoms with E-state index in [2.05, 4.69) is 6.92 Å². The summed E-state index contributed by atoms with van der Waals surface area (Å²) in [5.41, 5.74) is 0. The van der Waals surface area contributed by atoms with Gasteiger partial charge in [0.15, 0.2) is 0 Å². The van der Waals surface area contributed by atoms with Crippen LogP contribution in [0.25, 0.3) is 0 Å². The molecule has 0 amide bonds. The Kier molecular flexibility index (Phi) is 24.9. The molecule has 0 aromatic carbocycles. The Bertz CT molecular complexity index is 403. The van der Waals surface area contributed by atoms with E-state index < -0.39 is 10.1 Å². The predicted octanol–water partition coefficient (Wildman–Crippen LogP) is 3.37. The fourth-order valence-electron chi connectivity index (χ4n) is 3.08. The van der Waals surface area contributed by atoms with Crippen molar-refractivity contribution < 1.29 is 22.9 Å². The molecule has 0 aliphatic carbocycles. The standard InChI is InChI=1S/C20H43NO5S.Na.H/c1-2-3-4-5-6-7-8-9-10-11-12-13-14-15-20-27(24,25)26-21(16-18-22)17-19-23;;/h22-23H,2-20H2,1H3;;. The van der Waals surface area contributed by atoms with Gasteiger partial charge in [0.25, 0.3) is 10.1 Å². The van der Waals surface area contributed by atoms with Crippen molar-refractivity contribution in [3.05, 3.63) is 0 Å². The van der Waals surface area contributed by atoms with Crippen molar-refractivity contribution in [2.75, 3.05) is 32.1 Å². The summed E-state index contributed by atoms with van der Waals surface area (Å²) in [6.45, 7) is 1.96. The third kappa shape index (κ3) is 21.5. The molecular formula is C20H44NNaO5S. The van der Waals surface area contributed by atoms with Gasteiger partial charge in [-0.25, -0.2) is 0 Å². The minimum absolute atomic E-state index is 0. The number of hydrogen-bond acceptors (Lipinski definition) is 6. The zero-order valence-corrected chi connectivity index (χ0v) is 18.2. The molecule has 28 heavy (non-hydrogen) atoms. The van der Waals surface area contributed by atoms with Gasteiger partial charge in [0.1, 0.15) is 0 Å². The first kappa shape index (κ1) is 31.0. The second-order valence-corrected chi connectivity index (χ2v) is 8.98. The average Bonchev–Trinajstić information content (AvgIpc) is 2.62. The van der Waals surface area contributed by atoms with Gasteiger partial charge in [-0.15, -0.1) is 0 Å². The van der Waals surface area contributed by atoms with Gasteiger partial charge >= 0.3 is 29.6 Å². The Morgan fingerprint density at radius 2 is 1.04 bits per heavy atom. The van der Waals surface area contributed by atoms with Crippen LogP contribution in [0.3, 0.4) is 0 Å². The molecule has 0 aliphatic rings. The van der Waals surface area contributed by atoms with Crippen molar-refractivity contribution >= 4 is 39.7 Å². The van der Waals surface area contributed by atoms with Gasteiger partial charge in [0, 0.05) is 13.1 Å². The molecule has 0 aromatic rings. The fraction of sp³-hybridized carbons (Fsp3) is 1.00. The number of aliphatic hydroxyl groups is 2. The third-order valence-corrected chi connectivity index (χ3v) is 5.89. The molecule has 0 rings (SSSR count). The van der Waals surface area contributed by atoms with Crippen LogP contribution in [0, 0.1) is 0 Å². The molecule has 0 atom stereocenters. The quantitative estimate of drug-likeness (QED) is 0.164. The van der Waals surface area contributed by atoms with E-state index in [4.69, 9.17) is 14.5 Å². The molecule has 6 nitrogen and oxygen atoms in total. The van der Waals surface area contributed by atoms with Crippen molar-refractivity contribution in [1.29, 1.82) is 0 Å². The summed E-state index contributed by atoms with van der Waals surface area (Å²) < 4.78 is 28.7. The number of nitrogens with zero attached hydrogens (tertiary/aromatic N) is 1. The van der Waals surface area contributed by atoms with Crippen molar-refractivity contribution in [1.82, 2.24) is 5.06 Å². The Hall–Kier alpha value is 0.790. The van der Waals surface area contributed by atoms with Gasteiger partial charge < -0.3 is 10.2 Å². The van der Waals surface area contributed by atoms with Crippen LogP contribution in [0.5, 0.6) is 0 Å². The van der Waals surface area contributed by atoms with Gasteiger partial charge in [0.2, 0.25) is 0 Å². The summed E-state index contributed by atoms with van der Waals surface area (Å²) in [5.74, 6) is -0.0155. The van der Waals surface area contributed by atoms with E-state index in [-0.39, 0.29) is 61.6 Å². The Morgan fingerprint density at radius 1 is 0.679 bits per heavy atom. The van der Waals surface area contributed by atoms with Gasteiger partial charge in [-0.1, -0.05) is 90.4 Å². The van der Waals surface area contributed by atoms with Gasteiger partial charge in [-0.3, -0.25) is 0 Å². The first-order valence-electron chi connectivity index (χ1n) is 10.9. The molecule has 0 saturated heterocycles. The van der Waals surface area contributed by atoms with Crippen molar-refractivity contribution in [3.63, 3.8) is 0 Å². The van der Waals surface area contributed by atoms with E-state index in [1.54, 1.807) is 0 Å². The maximum absolute atomic E-state index is 11.9. The number of hydroxylamine groups is 2. The van der Waals surface area contributed by atoms with Crippen molar-refractivity contribution in [2.24, 2.45) is 0 Å². The molecule has 0 unspecified atom stereocenters. The van der Waals surface area contributed by atoms with Crippen LogP contribution in [-0.2, 0) is 14.4 Å². The van der Waals surface area contributed by atoms with E-state index in [0.717, 1.165) is 17.9 Å². The molecule has 166 valence electrons. The average molecular weight is 434 g/mol. The van der Waals surface area contributed by atoms with E-state index in [1.807, 2.05) is 0 Å². The maximum atomic E-state index is 11.9. The number of unbranched alkanes of at least 4 members (excludes halogenated alkanes) is 13. The molecule has 0 saturated carbocycles. The van der Waals surface area contributed by atoms with Crippen molar-refractivity contribution in [2.45, 2.75) is 96.8 Å².